The SMILES string of the molecule is CC(C)CCC[C@@H](C)C(C)C.CC(C)CCC[C@@H](C)C(C)C.CC(C)CCC[C@@H](C)C(C)C.CC(C)CCC[C@@H](C)C(C)C.CC(C)CCC[C@@H](C)C(C)C.CC(C)CCC[C@@H](C)C(C)C.CC[C@@H](CC[C@@H](C)C(C)C)C(C)C. The van der Waals surface area contributed by atoms with E-state index in [-0.39, 0.29) is 0 Å². The summed E-state index contributed by atoms with van der Waals surface area (Å²) in [7, 11) is 0. The predicted octanol–water partition coefficient (Wildman–Crippen LogP) is 29.4. The minimum Gasteiger partial charge on any atom is -0.0651 e. The molecule has 0 saturated heterocycles. The van der Waals surface area contributed by atoms with Crippen LogP contribution in [0.15, 0.2) is 0 Å². The van der Waals surface area contributed by atoms with E-state index in [0.717, 1.165) is 130 Å². The summed E-state index contributed by atoms with van der Waals surface area (Å²) >= 11 is 0. The van der Waals surface area contributed by atoms with Gasteiger partial charge in [0.25, 0.3) is 0 Å². The molecular weight excluding hydrogens is 949 g/mol. The molecule has 0 unspecified atom stereocenters. The van der Waals surface area contributed by atoms with Crippen LogP contribution in [-0.4, -0.2) is 0 Å². The molecule has 0 aromatic heterocycles. The van der Waals surface area contributed by atoms with Gasteiger partial charge in [-0.2, -0.15) is 0 Å². The summed E-state index contributed by atoms with van der Waals surface area (Å²) < 4.78 is 0. The maximum atomic E-state index is 2.39. The fourth-order valence-electron chi connectivity index (χ4n) is 8.91. The highest BCUT2D eigenvalue weighted by molar-refractivity contribution is 4.66. The molecule has 0 rings (SSSR count). The molecule has 79 heavy (non-hydrogen) atoms. The van der Waals surface area contributed by atoms with Gasteiger partial charge in [0.2, 0.25) is 0 Å². The van der Waals surface area contributed by atoms with E-state index in [9.17, 15) is 0 Å². The smallest absolute Gasteiger partial charge is 0.0394 e. The topological polar surface area (TPSA) is 0 Å². The zero-order valence-electron chi connectivity index (χ0n) is 63.6. The molecule has 0 nitrogen and oxygen atoms in total. The largest absolute Gasteiger partial charge is 0.0651 e. The molecule has 0 aromatic rings. The van der Waals surface area contributed by atoms with Crippen LogP contribution in [0.5, 0.6) is 0 Å². The maximum Gasteiger partial charge on any atom is -0.0394 e. The summed E-state index contributed by atoms with van der Waals surface area (Å²) in [6, 6.07) is 0. The fraction of sp³-hybridized carbons (Fsp3) is 1.00. The van der Waals surface area contributed by atoms with Gasteiger partial charge in [-0.05, 0) is 137 Å². The van der Waals surface area contributed by atoms with Crippen LogP contribution in [-0.2, 0) is 0 Å². The summed E-state index contributed by atoms with van der Waals surface area (Å²) in [6.45, 7) is 83.8. The number of hydrogen-bond acceptors (Lipinski definition) is 0. The van der Waals surface area contributed by atoms with E-state index in [0.29, 0.717) is 0 Å². The molecule has 0 heteroatoms. The van der Waals surface area contributed by atoms with Gasteiger partial charge in [-0.1, -0.05) is 378 Å². The van der Waals surface area contributed by atoms with Crippen molar-refractivity contribution in [2.45, 2.75) is 384 Å². The third-order valence-electron chi connectivity index (χ3n) is 19.1. The second-order valence-corrected chi connectivity index (χ2v) is 32.5. The molecule has 0 N–H and O–H groups in total. The van der Waals surface area contributed by atoms with Gasteiger partial charge >= 0.3 is 0 Å². The molecule has 0 amide bonds. The Morgan fingerprint density at radius 1 is 0.152 bits per heavy atom. The van der Waals surface area contributed by atoms with Crippen molar-refractivity contribution in [3.05, 3.63) is 0 Å². The van der Waals surface area contributed by atoms with Gasteiger partial charge in [0, 0.05) is 0 Å². The van der Waals surface area contributed by atoms with Gasteiger partial charge in [0.05, 0.1) is 0 Å². The molecule has 0 saturated carbocycles. The van der Waals surface area contributed by atoms with Gasteiger partial charge < -0.3 is 0 Å². The molecule has 0 aliphatic carbocycles. The number of rotatable bonds is 36. The van der Waals surface area contributed by atoms with Crippen molar-refractivity contribution in [1.29, 1.82) is 0 Å². The van der Waals surface area contributed by atoms with Crippen molar-refractivity contribution in [3.63, 3.8) is 0 Å². The van der Waals surface area contributed by atoms with Crippen molar-refractivity contribution in [2.75, 3.05) is 0 Å². The van der Waals surface area contributed by atoms with Crippen LogP contribution in [0.2, 0.25) is 0 Å². The molecule has 0 aromatic carbocycles. The van der Waals surface area contributed by atoms with Crippen molar-refractivity contribution in [2.24, 2.45) is 130 Å². The first kappa shape index (κ1) is 92.7. The Hall–Kier alpha value is 0. The van der Waals surface area contributed by atoms with Gasteiger partial charge in [0.1, 0.15) is 0 Å². The van der Waals surface area contributed by atoms with E-state index in [4.69, 9.17) is 0 Å². The Morgan fingerprint density at radius 3 is 0.392 bits per heavy atom. The van der Waals surface area contributed by atoms with E-state index in [1.54, 1.807) is 0 Å². The average molecular weight is 1120 g/mol. The Balaban J connectivity index is -0.000000153. The molecule has 488 valence electrons. The minimum absolute atomic E-state index is 0.852. The molecular formula is C79H172. The van der Waals surface area contributed by atoms with Gasteiger partial charge in [-0.3, -0.25) is 0 Å². The zero-order chi connectivity index (χ0) is 63.6. The first-order valence-corrected chi connectivity index (χ1v) is 36.2. The van der Waals surface area contributed by atoms with Crippen molar-refractivity contribution in [1.82, 2.24) is 0 Å². The lowest BCUT2D eigenvalue weighted by molar-refractivity contribution is 0.290. The highest BCUT2D eigenvalue weighted by Gasteiger charge is 2.15. The Labute approximate surface area is 511 Å². The van der Waals surface area contributed by atoms with Crippen LogP contribution in [0.4, 0.5) is 0 Å². The first-order valence-electron chi connectivity index (χ1n) is 36.2. The van der Waals surface area contributed by atoms with Crippen LogP contribution in [0.1, 0.15) is 384 Å². The van der Waals surface area contributed by atoms with Crippen LogP contribution in [0.25, 0.3) is 0 Å². The summed E-state index contributed by atoms with van der Waals surface area (Å²) in [5.74, 6) is 19.5. The average Bonchev–Trinajstić information content (AvgIpc) is 3.31. The van der Waals surface area contributed by atoms with Crippen LogP contribution < -0.4 is 0 Å². The molecule has 0 aliphatic rings. The Kier molecular flexibility index (Phi) is 71.7. The highest BCUT2D eigenvalue weighted by atomic mass is 14.2. The Bertz CT molecular complexity index is 907. The first-order chi connectivity index (χ1) is 36.2. The normalized spacial score (nSPS) is 14.8. The summed E-state index contributed by atoms with van der Waals surface area (Å²) in [5, 5.41) is 0. The predicted molar refractivity (Wildman–Crippen MR) is 378 cm³/mol. The molecule has 8 atom stereocenters. The van der Waals surface area contributed by atoms with Crippen molar-refractivity contribution >= 4 is 0 Å². The van der Waals surface area contributed by atoms with Crippen LogP contribution in [0.3, 0.4) is 0 Å². The molecule has 0 aliphatic heterocycles. The zero-order valence-corrected chi connectivity index (χ0v) is 63.6. The molecule has 0 spiro atoms. The standard InChI is InChI=1S/C13H28.6C11H24/c1-7-13(11(4)5)9-8-12(6)10(2)3;6*1-9(2)7-6-8-11(5)10(3)4/h10-13H,7-9H2,1-6H3;6*9-11H,6-8H2,1-5H3/t12-,13+;6*11-/m1111111/s1. The van der Waals surface area contributed by atoms with E-state index >= 15 is 0 Å². The Morgan fingerprint density at radius 2 is 0.291 bits per heavy atom. The van der Waals surface area contributed by atoms with Crippen LogP contribution >= 0.6 is 0 Å². The molecule has 0 heterocycles. The minimum atomic E-state index is 0.852. The number of hydrogen-bond donors (Lipinski definition) is 0. The summed E-state index contributed by atoms with van der Waals surface area (Å²) in [6.07, 6.45) is 29.5. The second kappa shape index (κ2) is 61.1. The maximum absolute atomic E-state index is 2.39. The van der Waals surface area contributed by atoms with E-state index < -0.39 is 0 Å². The lowest BCUT2D eigenvalue weighted by Gasteiger charge is -2.22. The van der Waals surface area contributed by atoms with E-state index in [2.05, 4.69) is 249 Å². The molecule has 0 bridgehead atoms. The molecule has 0 fully saturated rings. The van der Waals surface area contributed by atoms with E-state index in [1.807, 2.05) is 0 Å². The lowest BCUT2D eigenvalue weighted by Crippen LogP contribution is -2.11. The quantitative estimate of drug-likeness (QED) is 0.0587. The monoisotopic (exact) mass is 1120 g/mol. The highest BCUT2D eigenvalue weighted by Crippen LogP contribution is 2.27. The van der Waals surface area contributed by atoms with Crippen molar-refractivity contribution in [3.8, 4) is 0 Å². The van der Waals surface area contributed by atoms with Crippen molar-refractivity contribution < 1.29 is 0 Å². The third kappa shape index (κ3) is 80.1. The van der Waals surface area contributed by atoms with E-state index in [1.165, 1.54) is 135 Å². The third-order valence-corrected chi connectivity index (χ3v) is 19.1. The fourth-order valence-corrected chi connectivity index (χ4v) is 8.91. The lowest BCUT2D eigenvalue weighted by atomic mass is 9.84. The van der Waals surface area contributed by atoms with Gasteiger partial charge in [-0.15, -0.1) is 0 Å². The van der Waals surface area contributed by atoms with Gasteiger partial charge in [0.15, 0.2) is 0 Å². The summed E-state index contributed by atoms with van der Waals surface area (Å²) in [4.78, 5) is 0. The van der Waals surface area contributed by atoms with Crippen LogP contribution in [0, 0.1) is 130 Å². The second-order valence-electron chi connectivity index (χ2n) is 32.5. The summed E-state index contributed by atoms with van der Waals surface area (Å²) in [5.41, 5.74) is 0. The van der Waals surface area contributed by atoms with Gasteiger partial charge in [-0.25, -0.2) is 0 Å². The molecule has 0 radical (unpaired) electrons.